The van der Waals surface area contributed by atoms with Crippen LogP contribution in [0.15, 0.2) is 114 Å². The zero-order valence-corrected chi connectivity index (χ0v) is 19.4. The highest BCUT2D eigenvalue weighted by Gasteiger charge is 2.18. The number of hydrogen-bond acceptors (Lipinski definition) is 6. The average molecular weight is 464 g/mol. The maximum Gasteiger partial charge on any atom is 0.216 e. The van der Waals surface area contributed by atoms with Crippen LogP contribution in [0.1, 0.15) is 34.0 Å². The molecule has 3 heterocycles. The summed E-state index contributed by atoms with van der Waals surface area (Å²) in [6, 6.07) is 18.5. The Morgan fingerprint density at radius 2 is 1.51 bits per heavy atom. The van der Waals surface area contributed by atoms with Gasteiger partial charge >= 0.3 is 0 Å². The van der Waals surface area contributed by atoms with Crippen molar-refractivity contribution in [2.45, 2.75) is 20.1 Å². The SMILES string of the molecule is CC1=C(OCc2ccc(C(=O)c3ccc(OCc4ccncc4)cc3)cc2)N=C2C=CC=CN2C1. The van der Waals surface area contributed by atoms with Gasteiger partial charge in [0.05, 0.1) is 6.54 Å². The molecule has 0 bridgehead atoms. The number of rotatable bonds is 8. The Morgan fingerprint density at radius 1 is 0.857 bits per heavy atom. The number of allylic oxidation sites excluding steroid dienone is 2. The van der Waals surface area contributed by atoms with Crippen molar-refractivity contribution < 1.29 is 14.3 Å². The molecule has 3 aromatic rings. The Balaban J connectivity index is 1.17. The Labute approximate surface area is 204 Å². The lowest BCUT2D eigenvalue weighted by Gasteiger charge is -2.27. The summed E-state index contributed by atoms with van der Waals surface area (Å²) in [6.45, 7) is 3.63. The van der Waals surface area contributed by atoms with Crippen molar-refractivity contribution in [3.05, 3.63) is 131 Å². The van der Waals surface area contributed by atoms with E-state index in [0.717, 1.165) is 29.1 Å². The largest absolute Gasteiger partial charge is 0.489 e. The number of aliphatic imine (C=N–C) groups is 1. The first-order valence-corrected chi connectivity index (χ1v) is 11.4. The molecule has 0 fully saturated rings. The predicted octanol–water partition coefficient (Wildman–Crippen LogP) is 5.44. The van der Waals surface area contributed by atoms with Crippen molar-refractivity contribution in [3.63, 3.8) is 0 Å². The molecular weight excluding hydrogens is 438 g/mol. The Bertz CT molecular complexity index is 1320. The number of amidine groups is 1. The van der Waals surface area contributed by atoms with Gasteiger partial charge in [0.1, 0.15) is 24.8 Å². The van der Waals surface area contributed by atoms with Crippen LogP contribution in [-0.2, 0) is 18.0 Å². The maximum absolute atomic E-state index is 12.9. The van der Waals surface area contributed by atoms with Gasteiger partial charge in [-0.1, -0.05) is 30.3 Å². The van der Waals surface area contributed by atoms with Crippen LogP contribution in [0, 0.1) is 0 Å². The Kier molecular flexibility index (Phi) is 6.52. The molecule has 0 spiro atoms. The molecule has 2 aliphatic heterocycles. The minimum absolute atomic E-state index is 0.0346. The molecule has 174 valence electrons. The van der Waals surface area contributed by atoms with Crippen LogP contribution in [0.5, 0.6) is 5.75 Å². The first-order chi connectivity index (χ1) is 17.2. The minimum atomic E-state index is -0.0346. The van der Waals surface area contributed by atoms with Crippen molar-refractivity contribution >= 4 is 11.6 Å². The second kappa shape index (κ2) is 10.2. The molecule has 6 heteroatoms. The monoisotopic (exact) mass is 463 g/mol. The summed E-state index contributed by atoms with van der Waals surface area (Å²) in [4.78, 5) is 23.6. The third kappa shape index (κ3) is 5.38. The zero-order valence-electron chi connectivity index (χ0n) is 19.4. The van der Waals surface area contributed by atoms with E-state index in [9.17, 15) is 4.79 Å². The standard InChI is InChI=1S/C29H25N3O3/c1-21-18-32-17-3-2-4-27(32)31-29(21)35-20-22-5-7-24(8-6-22)28(33)25-9-11-26(12-10-25)34-19-23-13-15-30-16-14-23/h2-17H,18-20H2,1H3. The van der Waals surface area contributed by atoms with E-state index in [1.165, 1.54) is 0 Å². The Hall–Kier alpha value is -4.45. The first-order valence-electron chi connectivity index (χ1n) is 11.4. The highest BCUT2D eigenvalue weighted by Crippen LogP contribution is 2.21. The molecule has 0 N–H and O–H groups in total. The van der Waals surface area contributed by atoms with Gasteiger partial charge in [-0.15, -0.1) is 0 Å². The summed E-state index contributed by atoms with van der Waals surface area (Å²) in [5.41, 5.74) is 4.33. The molecule has 2 aliphatic rings. The molecule has 6 nitrogen and oxygen atoms in total. The van der Waals surface area contributed by atoms with Gasteiger partial charge in [-0.2, -0.15) is 4.99 Å². The predicted molar refractivity (Wildman–Crippen MR) is 135 cm³/mol. The van der Waals surface area contributed by atoms with Crippen molar-refractivity contribution in [1.29, 1.82) is 0 Å². The van der Waals surface area contributed by atoms with Crippen LogP contribution in [0.3, 0.4) is 0 Å². The molecule has 0 amide bonds. The molecule has 0 saturated carbocycles. The number of ketones is 1. The highest BCUT2D eigenvalue weighted by atomic mass is 16.5. The van der Waals surface area contributed by atoms with Gasteiger partial charge in [0, 0.05) is 35.3 Å². The number of ether oxygens (including phenoxy) is 2. The third-order valence-corrected chi connectivity index (χ3v) is 5.77. The summed E-state index contributed by atoms with van der Waals surface area (Å²) in [7, 11) is 0. The Morgan fingerprint density at radius 3 is 2.26 bits per heavy atom. The van der Waals surface area contributed by atoms with Gasteiger partial charge in [0.2, 0.25) is 5.88 Å². The molecule has 5 rings (SSSR count). The zero-order chi connectivity index (χ0) is 24.0. The third-order valence-electron chi connectivity index (χ3n) is 5.77. The first kappa shape index (κ1) is 22.3. The molecule has 35 heavy (non-hydrogen) atoms. The normalized spacial score (nSPS) is 14.4. The number of hydrogen-bond donors (Lipinski definition) is 0. The molecule has 0 saturated heterocycles. The van der Waals surface area contributed by atoms with E-state index in [4.69, 9.17) is 9.47 Å². The van der Waals surface area contributed by atoms with E-state index in [-0.39, 0.29) is 5.78 Å². The van der Waals surface area contributed by atoms with E-state index in [1.54, 1.807) is 24.5 Å². The second-order valence-corrected chi connectivity index (χ2v) is 8.37. The summed E-state index contributed by atoms with van der Waals surface area (Å²) in [5, 5.41) is 0. The second-order valence-electron chi connectivity index (χ2n) is 8.37. The van der Waals surface area contributed by atoms with Gasteiger partial charge in [-0.05, 0) is 66.6 Å². The number of pyridine rings is 1. The van der Waals surface area contributed by atoms with Crippen molar-refractivity contribution in [1.82, 2.24) is 9.88 Å². The maximum atomic E-state index is 12.9. The number of nitrogens with zero attached hydrogens (tertiary/aromatic N) is 3. The fraction of sp³-hybridized carbons (Fsp3) is 0.138. The molecule has 0 atom stereocenters. The summed E-state index contributed by atoms with van der Waals surface area (Å²) in [6.07, 6.45) is 11.4. The molecule has 2 aromatic carbocycles. The van der Waals surface area contributed by atoms with Crippen LogP contribution >= 0.6 is 0 Å². The lowest BCUT2D eigenvalue weighted by Crippen LogP contribution is -2.31. The van der Waals surface area contributed by atoms with Gasteiger partial charge in [0.15, 0.2) is 5.78 Å². The van der Waals surface area contributed by atoms with Gasteiger partial charge < -0.3 is 14.4 Å². The average Bonchev–Trinajstić information content (AvgIpc) is 2.91. The molecule has 0 aliphatic carbocycles. The van der Waals surface area contributed by atoms with E-state index in [1.807, 2.05) is 79.9 Å². The highest BCUT2D eigenvalue weighted by molar-refractivity contribution is 6.09. The number of fused-ring (bicyclic) bond motifs is 1. The number of carbonyl (C=O) groups is 1. The molecule has 0 unspecified atom stereocenters. The topological polar surface area (TPSA) is 64.0 Å². The summed E-state index contributed by atoms with van der Waals surface area (Å²) >= 11 is 0. The van der Waals surface area contributed by atoms with Crippen LogP contribution in [-0.4, -0.2) is 28.0 Å². The lowest BCUT2D eigenvalue weighted by molar-refractivity contribution is 0.103. The van der Waals surface area contributed by atoms with Crippen molar-refractivity contribution in [2.75, 3.05) is 6.54 Å². The fourth-order valence-corrected chi connectivity index (χ4v) is 3.80. The van der Waals surface area contributed by atoms with Gasteiger partial charge in [-0.25, -0.2) is 0 Å². The fourth-order valence-electron chi connectivity index (χ4n) is 3.80. The van der Waals surface area contributed by atoms with E-state index in [2.05, 4.69) is 14.9 Å². The van der Waals surface area contributed by atoms with Crippen molar-refractivity contribution in [3.8, 4) is 5.75 Å². The van der Waals surface area contributed by atoms with Gasteiger partial charge in [0.25, 0.3) is 0 Å². The quantitative estimate of drug-likeness (QED) is 0.417. The number of benzene rings is 2. The van der Waals surface area contributed by atoms with Gasteiger partial charge in [-0.3, -0.25) is 9.78 Å². The number of aromatic nitrogens is 1. The van der Waals surface area contributed by atoms with E-state index in [0.29, 0.717) is 36.0 Å². The molecular formula is C29H25N3O3. The molecule has 1 aromatic heterocycles. The van der Waals surface area contributed by atoms with E-state index >= 15 is 0 Å². The van der Waals surface area contributed by atoms with Crippen molar-refractivity contribution in [2.24, 2.45) is 4.99 Å². The molecule has 0 radical (unpaired) electrons. The number of carbonyl (C=O) groups excluding carboxylic acids is 1. The smallest absolute Gasteiger partial charge is 0.216 e. The minimum Gasteiger partial charge on any atom is -0.489 e. The summed E-state index contributed by atoms with van der Waals surface area (Å²) < 4.78 is 11.8. The van der Waals surface area contributed by atoms with Crippen LogP contribution in [0.2, 0.25) is 0 Å². The lowest BCUT2D eigenvalue weighted by atomic mass is 10.0. The van der Waals surface area contributed by atoms with E-state index < -0.39 is 0 Å². The van der Waals surface area contributed by atoms with Crippen LogP contribution in [0.25, 0.3) is 0 Å². The van der Waals surface area contributed by atoms with Crippen LogP contribution < -0.4 is 4.74 Å². The van der Waals surface area contributed by atoms with Crippen LogP contribution in [0.4, 0.5) is 0 Å². The summed E-state index contributed by atoms with van der Waals surface area (Å²) in [5.74, 6) is 2.21.